The van der Waals surface area contributed by atoms with Crippen LogP contribution in [0.3, 0.4) is 0 Å². The third-order valence-corrected chi connectivity index (χ3v) is 4.45. The Kier molecular flexibility index (Phi) is 6.50. The van der Waals surface area contributed by atoms with Gasteiger partial charge in [-0.05, 0) is 43.6 Å². The smallest absolute Gasteiger partial charge is 0.118 e. The molecule has 0 aliphatic heterocycles. The van der Waals surface area contributed by atoms with E-state index in [9.17, 15) is 0 Å². The van der Waals surface area contributed by atoms with Gasteiger partial charge in [-0.3, -0.25) is 4.90 Å². The van der Waals surface area contributed by atoms with Gasteiger partial charge in [0.2, 0.25) is 0 Å². The van der Waals surface area contributed by atoms with Gasteiger partial charge < -0.3 is 10.5 Å². The molecular formula is C17H30N2O. The molecule has 0 saturated carbocycles. The van der Waals surface area contributed by atoms with Crippen LogP contribution in [0.1, 0.15) is 46.1 Å². The van der Waals surface area contributed by atoms with E-state index in [2.05, 4.69) is 44.7 Å². The first kappa shape index (κ1) is 17.0. The zero-order valence-corrected chi connectivity index (χ0v) is 13.6. The zero-order chi connectivity index (χ0) is 15.2. The second-order valence-electron chi connectivity index (χ2n) is 5.27. The van der Waals surface area contributed by atoms with E-state index in [4.69, 9.17) is 10.5 Å². The molecule has 3 heteroatoms. The fourth-order valence-corrected chi connectivity index (χ4v) is 3.15. The average Bonchev–Trinajstić information content (AvgIpc) is 2.51. The maximum absolute atomic E-state index is 6.83. The Morgan fingerprint density at radius 1 is 1.10 bits per heavy atom. The molecule has 1 aromatic rings. The molecule has 0 amide bonds. The number of nitrogens with zero attached hydrogens (tertiary/aromatic N) is 1. The van der Waals surface area contributed by atoms with Crippen molar-refractivity contribution in [2.75, 3.05) is 20.2 Å². The second kappa shape index (κ2) is 7.65. The first-order valence-electron chi connectivity index (χ1n) is 7.74. The van der Waals surface area contributed by atoms with Crippen LogP contribution in [0.2, 0.25) is 0 Å². The number of benzene rings is 1. The lowest BCUT2D eigenvalue weighted by Crippen LogP contribution is -2.55. The molecule has 0 bridgehead atoms. The molecule has 2 unspecified atom stereocenters. The van der Waals surface area contributed by atoms with Gasteiger partial charge in [0.25, 0.3) is 0 Å². The van der Waals surface area contributed by atoms with Crippen molar-refractivity contribution < 1.29 is 4.74 Å². The Morgan fingerprint density at radius 3 is 2.00 bits per heavy atom. The van der Waals surface area contributed by atoms with Crippen LogP contribution in [0.5, 0.6) is 5.75 Å². The molecule has 20 heavy (non-hydrogen) atoms. The van der Waals surface area contributed by atoms with Crippen molar-refractivity contribution in [2.45, 2.75) is 52.1 Å². The molecule has 0 fully saturated rings. The highest BCUT2D eigenvalue weighted by Gasteiger charge is 2.36. The van der Waals surface area contributed by atoms with Gasteiger partial charge in [-0.2, -0.15) is 0 Å². The summed E-state index contributed by atoms with van der Waals surface area (Å²) in [6, 6.07) is 8.57. The minimum Gasteiger partial charge on any atom is -0.497 e. The summed E-state index contributed by atoms with van der Waals surface area (Å²) in [5.74, 6) is 0.878. The Hall–Kier alpha value is -1.06. The van der Waals surface area contributed by atoms with Crippen molar-refractivity contribution in [3.63, 3.8) is 0 Å². The lowest BCUT2D eigenvalue weighted by atomic mass is 9.79. The minimum absolute atomic E-state index is 0.312. The molecule has 0 saturated heterocycles. The summed E-state index contributed by atoms with van der Waals surface area (Å²) in [6.07, 6.45) is 1.98. The van der Waals surface area contributed by atoms with Crippen LogP contribution >= 0.6 is 0 Å². The number of hydrogen-bond donors (Lipinski definition) is 1. The van der Waals surface area contributed by atoms with Crippen LogP contribution in [-0.2, 0) is 5.54 Å². The highest BCUT2D eigenvalue weighted by molar-refractivity contribution is 5.33. The number of likely N-dealkylation sites (N-methyl/N-ethyl adjacent to an activating group) is 1. The molecule has 0 aromatic heterocycles. The summed E-state index contributed by atoms with van der Waals surface area (Å²) < 4.78 is 5.24. The normalized spacial score (nSPS) is 15.9. The number of nitrogens with two attached hydrogens (primary N) is 1. The number of hydrogen-bond acceptors (Lipinski definition) is 3. The van der Waals surface area contributed by atoms with Crippen molar-refractivity contribution in [3.05, 3.63) is 29.8 Å². The van der Waals surface area contributed by atoms with E-state index in [1.165, 1.54) is 5.56 Å². The summed E-state index contributed by atoms with van der Waals surface area (Å²) in [4.78, 5) is 2.47. The third kappa shape index (κ3) is 3.33. The molecule has 114 valence electrons. The standard InChI is InChI=1S/C17H30N2O/c1-6-16(19(8-3)9-4)17(18,7-2)14-10-12-15(20-5)13-11-14/h10-13,16H,6-9,18H2,1-5H3. The van der Waals surface area contributed by atoms with Crippen molar-refractivity contribution in [1.29, 1.82) is 0 Å². The first-order chi connectivity index (χ1) is 9.57. The molecule has 0 spiro atoms. The maximum atomic E-state index is 6.83. The van der Waals surface area contributed by atoms with Crippen molar-refractivity contribution in [1.82, 2.24) is 4.90 Å². The summed E-state index contributed by atoms with van der Waals surface area (Å²) in [5, 5.41) is 0. The Morgan fingerprint density at radius 2 is 1.65 bits per heavy atom. The summed E-state index contributed by atoms with van der Waals surface area (Å²) in [7, 11) is 1.69. The average molecular weight is 278 g/mol. The van der Waals surface area contributed by atoms with Crippen LogP contribution in [0.25, 0.3) is 0 Å². The predicted octanol–water partition coefficient (Wildman–Crippen LogP) is 3.38. The predicted molar refractivity (Wildman–Crippen MR) is 86.2 cm³/mol. The summed E-state index contributed by atoms with van der Waals surface area (Å²) in [6.45, 7) is 10.9. The highest BCUT2D eigenvalue weighted by atomic mass is 16.5. The van der Waals surface area contributed by atoms with Gasteiger partial charge >= 0.3 is 0 Å². The van der Waals surface area contributed by atoms with E-state index in [1.54, 1.807) is 7.11 Å². The van der Waals surface area contributed by atoms with Crippen LogP contribution in [0, 0.1) is 0 Å². The number of ether oxygens (including phenoxy) is 1. The number of rotatable bonds is 8. The molecule has 2 N–H and O–H groups in total. The molecule has 2 atom stereocenters. The van der Waals surface area contributed by atoms with E-state index in [0.29, 0.717) is 6.04 Å². The lowest BCUT2D eigenvalue weighted by molar-refractivity contribution is 0.121. The first-order valence-corrected chi connectivity index (χ1v) is 7.74. The minimum atomic E-state index is -0.312. The molecule has 1 aromatic carbocycles. The molecule has 1 rings (SSSR count). The van der Waals surface area contributed by atoms with Crippen molar-refractivity contribution in [3.8, 4) is 5.75 Å². The molecule has 3 nitrogen and oxygen atoms in total. The quantitative estimate of drug-likeness (QED) is 0.792. The highest BCUT2D eigenvalue weighted by Crippen LogP contribution is 2.32. The SMILES string of the molecule is CCC(N(CC)CC)C(N)(CC)c1ccc(OC)cc1. The Balaban J connectivity index is 3.15. The van der Waals surface area contributed by atoms with E-state index in [1.807, 2.05) is 12.1 Å². The van der Waals surface area contributed by atoms with Crippen molar-refractivity contribution in [2.24, 2.45) is 5.73 Å². The van der Waals surface area contributed by atoms with Gasteiger partial charge in [0.05, 0.1) is 12.6 Å². The zero-order valence-electron chi connectivity index (χ0n) is 13.6. The fraction of sp³-hybridized carbons (Fsp3) is 0.647. The number of methoxy groups -OCH3 is 1. The van der Waals surface area contributed by atoms with Gasteiger partial charge in [0, 0.05) is 6.04 Å². The van der Waals surface area contributed by atoms with Crippen molar-refractivity contribution >= 4 is 0 Å². The largest absolute Gasteiger partial charge is 0.497 e. The third-order valence-electron chi connectivity index (χ3n) is 4.45. The van der Waals surface area contributed by atoms with Gasteiger partial charge in [0.1, 0.15) is 5.75 Å². The van der Waals surface area contributed by atoms with Gasteiger partial charge in [-0.1, -0.05) is 39.8 Å². The summed E-state index contributed by atoms with van der Waals surface area (Å²) >= 11 is 0. The lowest BCUT2D eigenvalue weighted by Gasteiger charge is -2.43. The Bertz CT molecular complexity index is 386. The van der Waals surface area contributed by atoms with E-state index in [0.717, 1.165) is 31.7 Å². The van der Waals surface area contributed by atoms with Crippen LogP contribution < -0.4 is 10.5 Å². The Labute approximate surface area is 124 Å². The molecule has 0 heterocycles. The molecular weight excluding hydrogens is 248 g/mol. The molecule has 0 radical (unpaired) electrons. The second-order valence-corrected chi connectivity index (χ2v) is 5.27. The maximum Gasteiger partial charge on any atom is 0.118 e. The fourth-order valence-electron chi connectivity index (χ4n) is 3.15. The summed E-state index contributed by atoms with van der Waals surface area (Å²) in [5.41, 5.74) is 7.72. The van der Waals surface area contributed by atoms with Gasteiger partial charge in [0.15, 0.2) is 0 Å². The molecule has 0 aliphatic carbocycles. The van der Waals surface area contributed by atoms with Crippen LogP contribution in [0.4, 0.5) is 0 Å². The van der Waals surface area contributed by atoms with E-state index in [-0.39, 0.29) is 5.54 Å². The monoisotopic (exact) mass is 278 g/mol. The van der Waals surface area contributed by atoms with Gasteiger partial charge in [-0.25, -0.2) is 0 Å². The van der Waals surface area contributed by atoms with E-state index < -0.39 is 0 Å². The van der Waals surface area contributed by atoms with Crippen LogP contribution in [-0.4, -0.2) is 31.1 Å². The van der Waals surface area contributed by atoms with Crippen LogP contribution in [0.15, 0.2) is 24.3 Å². The topological polar surface area (TPSA) is 38.5 Å². The van der Waals surface area contributed by atoms with Gasteiger partial charge in [-0.15, -0.1) is 0 Å². The van der Waals surface area contributed by atoms with E-state index >= 15 is 0 Å². The molecule has 0 aliphatic rings.